The topological polar surface area (TPSA) is 217 Å². The van der Waals surface area contributed by atoms with E-state index in [1.54, 1.807) is 16.8 Å². The minimum absolute atomic E-state index is 0.0988. The van der Waals surface area contributed by atoms with Crippen LogP contribution in [-0.4, -0.2) is 182 Å². The van der Waals surface area contributed by atoms with Crippen LogP contribution >= 0.6 is 0 Å². The van der Waals surface area contributed by atoms with Crippen molar-refractivity contribution >= 4 is 63.6 Å². The highest BCUT2D eigenvalue weighted by Crippen LogP contribution is 2.38. The molecule has 6 aliphatic heterocycles. The summed E-state index contributed by atoms with van der Waals surface area (Å²) in [7, 11) is 1.86. The van der Waals surface area contributed by atoms with Crippen LogP contribution < -0.4 is 25.3 Å². The highest BCUT2D eigenvalue weighted by Gasteiger charge is 2.45. The van der Waals surface area contributed by atoms with E-state index in [2.05, 4.69) is 68.7 Å². The molecule has 4 fully saturated rings. The number of aromatic amines is 1. The molecule has 376 valence electrons. The molecule has 4 saturated heterocycles. The number of nitrogens with one attached hydrogen (secondary N) is 3. The van der Waals surface area contributed by atoms with Gasteiger partial charge >= 0.3 is 0 Å². The number of imide groups is 2. The van der Waals surface area contributed by atoms with Crippen molar-refractivity contribution in [1.82, 2.24) is 60.3 Å². The molecule has 5 amide bonds. The van der Waals surface area contributed by atoms with Crippen LogP contribution in [0.4, 0.5) is 23.1 Å². The highest BCUT2D eigenvalue weighted by atomic mass is 16.2. The lowest BCUT2D eigenvalue weighted by Gasteiger charge is -2.42. The summed E-state index contributed by atoms with van der Waals surface area (Å²) in [5, 5.41) is 26.4. The first-order valence-corrected chi connectivity index (χ1v) is 25.3. The molecule has 0 spiro atoms. The number of piperazine rings is 2. The molecule has 72 heavy (non-hydrogen) atoms. The fraction of sp³-hybridized carbons (Fsp3) is 0.490. The molecule has 21 heteroatoms. The second-order valence-electron chi connectivity index (χ2n) is 20.7. The number of H-pyrrole nitrogens is 1. The van der Waals surface area contributed by atoms with E-state index >= 15 is 0 Å². The van der Waals surface area contributed by atoms with Crippen LogP contribution in [0.1, 0.15) is 74.1 Å². The molecule has 11 rings (SSSR count). The SMILES string of the molecule is CC1=C(C(=O)Nc2ccc3[nH]nc(-c4ccnc(N5CCN(CCN6CCN(CC7CCN(c8ccc9c(c8)C(=O)N(C8CCC(=O)NC8=O)C9=O)CC7)CC6)[C@@H](C)C5)c4)c3c2)C(C)(C)n2nnnc2N1C. The third-order valence-corrected chi connectivity index (χ3v) is 16.0. The first kappa shape index (κ1) is 47.2. The summed E-state index contributed by atoms with van der Waals surface area (Å²) in [5.74, 6) is -0.0425. The number of anilines is 4. The third-order valence-electron chi connectivity index (χ3n) is 16.0. The number of fused-ring (bicyclic) bond motifs is 3. The van der Waals surface area contributed by atoms with Gasteiger partial charge in [-0.15, -0.1) is 0 Å². The van der Waals surface area contributed by atoms with Gasteiger partial charge in [-0.05, 0) is 112 Å². The first-order chi connectivity index (χ1) is 34.7. The quantitative estimate of drug-likeness (QED) is 0.162. The molecule has 0 aliphatic carbocycles. The van der Waals surface area contributed by atoms with Crippen molar-refractivity contribution in [3.8, 4) is 11.3 Å². The molecular weight excluding hydrogens is 917 g/mol. The molecule has 5 aromatic rings. The Morgan fingerprint density at radius 3 is 2.40 bits per heavy atom. The summed E-state index contributed by atoms with van der Waals surface area (Å²) in [5.41, 5.74) is 5.42. The molecule has 21 nitrogen and oxygen atoms in total. The molecule has 0 saturated carbocycles. The van der Waals surface area contributed by atoms with Gasteiger partial charge in [0.25, 0.3) is 17.7 Å². The molecule has 3 aromatic heterocycles. The van der Waals surface area contributed by atoms with Crippen LogP contribution in [0, 0.1) is 5.92 Å². The molecule has 0 bridgehead atoms. The summed E-state index contributed by atoms with van der Waals surface area (Å²) < 4.78 is 1.67. The lowest BCUT2D eigenvalue weighted by Crippen LogP contribution is -2.55. The van der Waals surface area contributed by atoms with E-state index < -0.39 is 29.3 Å². The zero-order valence-corrected chi connectivity index (χ0v) is 41.6. The summed E-state index contributed by atoms with van der Waals surface area (Å²) in [6, 6.07) is 14.7. The highest BCUT2D eigenvalue weighted by molar-refractivity contribution is 6.23. The molecule has 1 unspecified atom stereocenters. The molecule has 2 atom stereocenters. The predicted octanol–water partition coefficient (Wildman–Crippen LogP) is 3.15. The van der Waals surface area contributed by atoms with Crippen LogP contribution in [-0.2, 0) is 19.9 Å². The lowest BCUT2D eigenvalue weighted by molar-refractivity contribution is -0.136. The summed E-state index contributed by atoms with van der Waals surface area (Å²) >= 11 is 0. The maximum atomic E-state index is 13.9. The summed E-state index contributed by atoms with van der Waals surface area (Å²) in [4.78, 5) is 84.9. The van der Waals surface area contributed by atoms with Crippen molar-refractivity contribution < 1.29 is 24.0 Å². The number of benzene rings is 2. The van der Waals surface area contributed by atoms with Gasteiger partial charge in [-0.3, -0.25) is 49.1 Å². The van der Waals surface area contributed by atoms with E-state index in [0.29, 0.717) is 40.3 Å². The normalized spacial score (nSPS) is 22.5. The number of tetrazole rings is 1. The number of piperidine rings is 2. The Balaban J connectivity index is 0.633. The van der Waals surface area contributed by atoms with E-state index in [1.807, 2.05) is 69.2 Å². The number of nitrogens with zero attached hydrogens (tertiary/aromatic N) is 13. The maximum absolute atomic E-state index is 13.9. The maximum Gasteiger partial charge on any atom is 0.262 e. The van der Waals surface area contributed by atoms with Gasteiger partial charge in [0, 0.05) is 132 Å². The number of rotatable bonds is 11. The number of pyridine rings is 1. The lowest BCUT2D eigenvalue weighted by atomic mass is 9.89. The fourth-order valence-corrected chi connectivity index (χ4v) is 11.7. The fourth-order valence-electron chi connectivity index (χ4n) is 11.7. The Morgan fingerprint density at radius 2 is 1.62 bits per heavy atom. The van der Waals surface area contributed by atoms with Crippen LogP contribution in [0.2, 0.25) is 0 Å². The average Bonchev–Trinajstić information content (AvgIpc) is 4.11. The molecule has 0 radical (unpaired) electrons. The van der Waals surface area contributed by atoms with Crippen molar-refractivity contribution in [2.24, 2.45) is 5.92 Å². The van der Waals surface area contributed by atoms with Gasteiger partial charge in [0.15, 0.2) is 0 Å². The largest absolute Gasteiger partial charge is 0.371 e. The Morgan fingerprint density at radius 1 is 0.847 bits per heavy atom. The Labute approximate surface area is 417 Å². The number of allylic oxidation sites excluding steroid dienone is 1. The van der Waals surface area contributed by atoms with Gasteiger partial charge in [0.05, 0.1) is 27.8 Å². The minimum atomic E-state index is -0.965. The second kappa shape index (κ2) is 18.8. The second-order valence-corrected chi connectivity index (χ2v) is 20.7. The van der Waals surface area contributed by atoms with Crippen molar-refractivity contribution in [3.63, 3.8) is 0 Å². The van der Waals surface area contributed by atoms with Crippen molar-refractivity contribution in [2.45, 2.75) is 71.0 Å². The molecule has 2 aromatic carbocycles. The zero-order chi connectivity index (χ0) is 50.0. The van der Waals surface area contributed by atoms with E-state index in [9.17, 15) is 24.0 Å². The Bertz CT molecular complexity index is 3000. The van der Waals surface area contributed by atoms with Gasteiger partial charge < -0.3 is 24.9 Å². The van der Waals surface area contributed by atoms with Crippen LogP contribution in [0.3, 0.4) is 0 Å². The molecule has 6 aliphatic rings. The predicted molar refractivity (Wildman–Crippen MR) is 270 cm³/mol. The minimum Gasteiger partial charge on any atom is -0.371 e. The first-order valence-electron chi connectivity index (χ1n) is 25.3. The number of hydrogen-bond acceptors (Lipinski definition) is 16. The van der Waals surface area contributed by atoms with E-state index in [4.69, 9.17) is 10.1 Å². The number of aromatic nitrogens is 7. The number of carbonyl (C=O) groups excluding carboxylic acids is 5. The summed E-state index contributed by atoms with van der Waals surface area (Å²) in [6.45, 7) is 20.0. The monoisotopic (exact) mass is 979 g/mol. The van der Waals surface area contributed by atoms with Gasteiger partial charge in [-0.25, -0.2) is 9.67 Å². The van der Waals surface area contributed by atoms with Crippen molar-refractivity contribution in [2.75, 3.05) is 106 Å². The van der Waals surface area contributed by atoms with Gasteiger partial charge in [-0.1, -0.05) is 5.10 Å². The number of amides is 5. The van der Waals surface area contributed by atoms with Gasteiger partial charge in [0.1, 0.15) is 17.6 Å². The van der Waals surface area contributed by atoms with Crippen LogP contribution in [0.15, 0.2) is 66.0 Å². The van der Waals surface area contributed by atoms with Crippen LogP contribution in [0.5, 0.6) is 0 Å². The average molecular weight is 979 g/mol. The van der Waals surface area contributed by atoms with Crippen molar-refractivity contribution in [3.05, 3.63) is 77.1 Å². The Hall–Kier alpha value is -7.10. The third kappa shape index (κ3) is 8.65. The molecule has 9 heterocycles. The standard InChI is InChI=1S/C51H62N16O5/c1-31-29-65(42-26-34(12-15-52-42)45-39-27-35(6-9-40(39)55-56-45)53-47(70)44-32(2)60(5)50-57-58-59-67(50)51(44,3)4)25-24-63(31)23-22-61-18-20-62(21-19-61)30-33-13-16-64(17-14-33)36-7-8-37-38(28-36)49(72)66(48(37)71)41-10-11-43(68)54-46(41)69/h6-9,12,15,26-28,31,33,41H,10-11,13-14,16-25,29-30H2,1-5H3,(H,53,70)(H,55,56)(H,54,68,69)/t31-,41?/m0/s1. The number of hydrogen-bond donors (Lipinski definition) is 3. The van der Waals surface area contributed by atoms with E-state index in [0.717, 1.165) is 136 Å². The van der Waals surface area contributed by atoms with Crippen molar-refractivity contribution in [1.29, 1.82) is 0 Å². The van der Waals surface area contributed by atoms with Gasteiger partial charge in [0.2, 0.25) is 17.8 Å². The molecular formula is C51H62N16O5. The smallest absolute Gasteiger partial charge is 0.262 e. The van der Waals surface area contributed by atoms with Gasteiger partial charge in [-0.2, -0.15) is 5.10 Å². The molecule has 3 N–H and O–H groups in total. The zero-order valence-electron chi connectivity index (χ0n) is 41.6. The van der Waals surface area contributed by atoms with E-state index in [-0.39, 0.29) is 24.7 Å². The van der Waals surface area contributed by atoms with E-state index in [1.165, 1.54) is 0 Å². The Kier molecular flexibility index (Phi) is 12.3. The van der Waals surface area contributed by atoms with Crippen LogP contribution in [0.25, 0.3) is 22.2 Å². The summed E-state index contributed by atoms with van der Waals surface area (Å²) in [6.07, 6.45) is 4.21. The number of carbonyl (C=O) groups is 5.